The lowest BCUT2D eigenvalue weighted by Gasteiger charge is -2.18. The average molecular weight is 505 g/mol. The molecule has 4 rings (SSSR count). The van der Waals surface area contributed by atoms with Gasteiger partial charge in [-0.05, 0) is 55.2 Å². The molecule has 2 heterocycles. The van der Waals surface area contributed by atoms with E-state index >= 15 is 0 Å². The van der Waals surface area contributed by atoms with E-state index in [9.17, 15) is 8.78 Å². The molecule has 2 aromatic carbocycles. The van der Waals surface area contributed by atoms with Crippen molar-refractivity contribution in [2.24, 2.45) is 10.1 Å². The van der Waals surface area contributed by atoms with Crippen molar-refractivity contribution >= 4 is 22.0 Å². The van der Waals surface area contributed by atoms with E-state index in [4.69, 9.17) is 4.52 Å². The van der Waals surface area contributed by atoms with Gasteiger partial charge in [-0.3, -0.25) is 10.0 Å². The van der Waals surface area contributed by atoms with Crippen LogP contribution in [0.2, 0.25) is 0 Å². The van der Waals surface area contributed by atoms with Gasteiger partial charge in [-0.2, -0.15) is 15.1 Å². The third kappa shape index (κ3) is 6.18. The van der Waals surface area contributed by atoms with Gasteiger partial charge in [0.2, 0.25) is 0 Å². The molecule has 0 saturated carbocycles. The first-order valence-electron chi connectivity index (χ1n) is 11.1. The summed E-state index contributed by atoms with van der Waals surface area (Å²) in [6.07, 6.45) is 9.70. The van der Waals surface area contributed by atoms with Crippen molar-refractivity contribution in [3.8, 4) is 22.4 Å². The van der Waals surface area contributed by atoms with Crippen LogP contribution in [-0.4, -0.2) is 40.9 Å². The first kappa shape index (κ1) is 25.1. The molecule has 5 nitrogen and oxygen atoms in total. The Morgan fingerprint density at radius 3 is 2.61 bits per heavy atom. The molecule has 0 N–H and O–H groups in total. The molecule has 0 fully saturated rings. The van der Waals surface area contributed by atoms with E-state index in [0.29, 0.717) is 35.0 Å². The van der Waals surface area contributed by atoms with E-state index in [1.807, 2.05) is 30.3 Å². The van der Waals surface area contributed by atoms with Crippen LogP contribution in [0.15, 0.2) is 87.2 Å². The number of hydrogen-bond acceptors (Lipinski definition) is 5. The van der Waals surface area contributed by atoms with Crippen LogP contribution in [0.1, 0.15) is 23.8 Å². The number of nitrogens with zero attached hydrogens (tertiary/aromatic N) is 4. The molecule has 1 aliphatic rings. The second-order valence-electron chi connectivity index (χ2n) is 9.00. The summed E-state index contributed by atoms with van der Waals surface area (Å²) in [4.78, 5) is 4.46. The van der Waals surface area contributed by atoms with Gasteiger partial charge in [0, 0.05) is 34.0 Å². The van der Waals surface area contributed by atoms with Crippen LogP contribution in [0.5, 0.6) is 0 Å². The predicted molar refractivity (Wildman–Crippen MR) is 144 cm³/mol. The molecule has 0 radical (unpaired) electrons. The molecule has 0 bridgehead atoms. The van der Waals surface area contributed by atoms with Crippen LogP contribution in [0.3, 0.4) is 0 Å². The lowest BCUT2D eigenvalue weighted by Crippen LogP contribution is -2.15. The van der Waals surface area contributed by atoms with Gasteiger partial charge < -0.3 is 4.52 Å². The van der Waals surface area contributed by atoms with Crippen molar-refractivity contribution in [3.63, 3.8) is 0 Å². The number of aliphatic imine (C=N–C) groups is 1. The van der Waals surface area contributed by atoms with Gasteiger partial charge in [-0.25, -0.2) is 8.78 Å². The number of rotatable bonds is 5. The van der Waals surface area contributed by atoms with Crippen LogP contribution < -0.4 is 0 Å². The topological polar surface area (TPSA) is 54.0 Å². The lowest BCUT2D eigenvalue weighted by molar-refractivity contribution is 0.305. The maximum atomic E-state index is 14.2. The van der Waals surface area contributed by atoms with Gasteiger partial charge in [0.25, 0.3) is 0 Å². The van der Waals surface area contributed by atoms with Crippen molar-refractivity contribution in [2.45, 2.75) is 13.5 Å². The first-order valence-corrected chi connectivity index (χ1v) is 13.9. The van der Waals surface area contributed by atoms with Gasteiger partial charge >= 0.3 is 0 Å². The summed E-state index contributed by atoms with van der Waals surface area (Å²) in [5.41, 5.74) is 4.04. The van der Waals surface area contributed by atoms with Crippen LogP contribution in [0, 0.1) is 22.8 Å². The minimum atomic E-state index is -0.934. The molecule has 1 aromatic heterocycles. The average Bonchev–Trinajstić information content (AvgIpc) is 3.30. The van der Waals surface area contributed by atoms with Crippen LogP contribution in [-0.2, 0) is 6.54 Å². The minimum Gasteiger partial charge on any atom is -0.359 e. The molecule has 0 unspecified atom stereocenters. The number of allylic oxidation sites excluding steroid dienone is 1. The van der Waals surface area contributed by atoms with E-state index in [1.54, 1.807) is 24.3 Å². The largest absolute Gasteiger partial charge is 0.359 e. The molecule has 0 amide bonds. The third-order valence-electron chi connectivity index (χ3n) is 5.15. The Morgan fingerprint density at radius 2 is 1.89 bits per heavy atom. The summed E-state index contributed by atoms with van der Waals surface area (Å²) >= 11 is 0. The predicted octanol–water partition coefficient (Wildman–Crippen LogP) is 6.33. The zero-order chi connectivity index (χ0) is 25.9. The monoisotopic (exact) mass is 504 g/mol. The molecule has 0 spiro atoms. The molecule has 36 heavy (non-hydrogen) atoms. The Balaban J connectivity index is 1.49. The number of benzene rings is 2. The maximum absolute atomic E-state index is 14.2. The number of aromatic nitrogens is 1. The highest BCUT2D eigenvalue weighted by atomic mass is 32.3. The number of hydrogen-bond donors (Lipinski definition) is 0. The van der Waals surface area contributed by atoms with Crippen molar-refractivity contribution in [3.05, 3.63) is 101 Å². The molecule has 3 aromatic rings. The Morgan fingerprint density at radius 1 is 1.14 bits per heavy atom. The SMILES string of the molecule is C=C1C=NN(Cc2cc(-c3ccc(C#CS(C)(C)C)cc3)no2)C=C1N=C(C)c1cccc(F)c1F. The van der Waals surface area contributed by atoms with Crippen molar-refractivity contribution in [2.75, 3.05) is 18.8 Å². The van der Waals surface area contributed by atoms with Gasteiger partial charge in [-0.15, -0.1) is 0 Å². The van der Waals surface area contributed by atoms with E-state index in [-0.39, 0.29) is 5.56 Å². The Bertz CT molecular complexity index is 1450. The zero-order valence-electron chi connectivity index (χ0n) is 20.5. The fourth-order valence-corrected chi connectivity index (χ4v) is 3.72. The highest BCUT2D eigenvalue weighted by molar-refractivity contribution is 8.35. The van der Waals surface area contributed by atoms with Crippen LogP contribution in [0.4, 0.5) is 8.78 Å². The zero-order valence-corrected chi connectivity index (χ0v) is 21.4. The van der Waals surface area contributed by atoms with E-state index < -0.39 is 21.7 Å². The van der Waals surface area contributed by atoms with E-state index in [2.05, 4.69) is 51.8 Å². The van der Waals surface area contributed by atoms with Gasteiger partial charge in [0.15, 0.2) is 17.4 Å². The van der Waals surface area contributed by atoms with Crippen molar-refractivity contribution in [1.29, 1.82) is 0 Å². The summed E-state index contributed by atoms with van der Waals surface area (Å²) in [5.74, 6) is 1.96. The summed E-state index contributed by atoms with van der Waals surface area (Å²) in [6.45, 7) is 5.86. The number of halogens is 2. The summed E-state index contributed by atoms with van der Waals surface area (Å²) in [5, 5.41) is 13.4. The molecule has 0 atom stereocenters. The van der Waals surface area contributed by atoms with Crippen molar-refractivity contribution < 1.29 is 13.3 Å². The Kier molecular flexibility index (Phi) is 7.22. The molecule has 8 heteroatoms. The molecule has 184 valence electrons. The van der Waals surface area contributed by atoms with E-state index in [1.165, 1.54) is 12.1 Å². The van der Waals surface area contributed by atoms with Crippen LogP contribution in [0.25, 0.3) is 11.3 Å². The van der Waals surface area contributed by atoms with Crippen LogP contribution >= 0.6 is 10.0 Å². The maximum Gasteiger partial charge on any atom is 0.167 e. The van der Waals surface area contributed by atoms with E-state index in [0.717, 1.165) is 17.2 Å². The minimum absolute atomic E-state index is 0.0919. The van der Waals surface area contributed by atoms with Gasteiger partial charge in [0.05, 0.1) is 18.1 Å². The summed E-state index contributed by atoms with van der Waals surface area (Å²) in [6, 6.07) is 13.7. The van der Waals surface area contributed by atoms with Crippen molar-refractivity contribution in [1.82, 2.24) is 10.2 Å². The lowest BCUT2D eigenvalue weighted by atomic mass is 10.1. The Hall–Kier alpha value is -3.96. The molecule has 0 saturated heterocycles. The van der Waals surface area contributed by atoms with Gasteiger partial charge in [-0.1, -0.05) is 35.9 Å². The molecule has 0 aliphatic carbocycles. The smallest absolute Gasteiger partial charge is 0.167 e. The number of hydrazone groups is 1. The standard InChI is InChI=1S/C28H26F2N4OS/c1-19-16-31-34(18-27(19)32-20(2)24-7-6-8-25(29)28(24)30)17-23-15-26(33-35-23)22-11-9-21(10-12-22)13-14-36(3,4)5/h6-12,15-16,18H,1,17H2,2-5H3. The second kappa shape index (κ2) is 10.3. The second-order valence-corrected chi connectivity index (χ2v) is 12.9. The summed E-state index contributed by atoms with van der Waals surface area (Å²) in [7, 11) is -0.882. The summed E-state index contributed by atoms with van der Waals surface area (Å²) < 4.78 is 33.3. The molecular formula is C28H26F2N4OS. The fraction of sp³-hybridized carbons (Fsp3) is 0.179. The highest BCUT2D eigenvalue weighted by Crippen LogP contribution is 2.32. The quantitative estimate of drug-likeness (QED) is 0.301. The third-order valence-corrected chi connectivity index (χ3v) is 5.87. The first-order chi connectivity index (χ1) is 17.1. The molecular weight excluding hydrogens is 478 g/mol. The normalized spacial score (nSPS) is 14.4. The fourth-order valence-electron chi connectivity index (χ4n) is 3.30. The Labute approximate surface area is 211 Å². The highest BCUT2D eigenvalue weighted by Gasteiger charge is 2.16. The van der Waals surface area contributed by atoms with Gasteiger partial charge in [0.1, 0.15) is 12.2 Å². The molecule has 1 aliphatic heterocycles.